The minimum absolute atomic E-state index is 0.0746. The van der Waals surface area contributed by atoms with Crippen LogP contribution in [0, 0.1) is 0 Å². The van der Waals surface area contributed by atoms with Gasteiger partial charge in [0.15, 0.2) is 5.16 Å². The van der Waals surface area contributed by atoms with E-state index in [0.717, 1.165) is 27.5 Å². The van der Waals surface area contributed by atoms with Gasteiger partial charge in [-0.05, 0) is 36.2 Å². The first-order chi connectivity index (χ1) is 12.9. The third-order valence-corrected chi connectivity index (χ3v) is 5.91. The number of benzene rings is 2. The van der Waals surface area contributed by atoms with Crippen molar-refractivity contribution in [2.45, 2.75) is 17.3 Å². The number of imidazole rings is 1. The van der Waals surface area contributed by atoms with Gasteiger partial charge in [-0.1, -0.05) is 36.0 Å². The molecule has 0 aliphatic carbocycles. The molecule has 8 heteroatoms. The number of H-pyrrole nitrogens is 1. The predicted molar refractivity (Wildman–Crippen MR) is 109 cm³/mol. The molecule has 27 heavy (non-hydrogen) atoms. The summed E-state index contributed by atoms with van der Waals surface area (Å²) >= 11 is 1.61. The summed E-state index contributed by atoms with van der Waals surface area (Å²) in [5.41, 5.74) is 3.62. The van der Waals surface area contributed by atoms with Crippen LogP contribution in [0.5, 0.6) is 0 Å². The van der Waals surface area contributed by atoms with Crippen LogP contribution in [0.4, 0.5) is 0 Å². The maximum absolute atomic E-state index is 12.1. The van der Waals surface area contributed by atoms with Crippen molar-refractivity contribution in [2.75, 3.05) is 18.6 Å². The van der Waals surface area contributed by atoms with Gasteiger partial charge in [-0.15, -0.1) is 0 Å². The molecule has 0 fully saturated rings. The Morgan fingerprint density at radius 1 is 1.15 bits per heavy atom. The molecule has 2 N–H and O–H groups in total. The van der Waals surface area contributed by atoms with Crippen molar-refractivity contribution in [3.8, 4) is 0 Å². The van der Waals surface area contributed by atoms with Gasteiger partial charge < -0.3 is 10.3 Å². The molecule has 2 aromatic carbocycles. The molecular weight excluding hydrogens is 382 g/mol. The first-order valence-corrected chi connectivity index (χ1v) is 11.6. The molecule has 1 amide bonds. The van der Waals surface area contributed by atoms with Crippen molar-refractivity contribution in [2.24, 2.45) is 0 Å². The fourth-order valence-corrected chi connectivity index (χ4v) is 4.05. The van der Waals surface area contributed by atoms with Crippen LogP contribution in [0.15, 0.2) is 53.7 Å². The smallest absolute Gasteiger partial charge is 0.251 e. The van der Waals surface area contributed by atoms with Crippen molar-refractivity contribution >= 4 is 38.5 Å². The number of carbonyl (C=O) groups is 1. The van der Waals surface area contributed by atoms with Gasteiger partial charge >= 0.3 is 0 Å². The normalized spacial score (nSPS) is 11.6. The molecule has 0 spiro atoms. The summed E-state index contributed by atoms with van der Waals surface area (Å²) in [5.74, 6) is 0.626. The quantitative estimate of drug-likeness (QED) is 0.446. The van der Waals surface area contributed by atoms with E-state index in [0.29, 0.717) is 18.5 Å². The zero-order valence-electron chi connectivity index (χ0n) is 14.9. The first kappa shape index (κ1) is 19.4. The number of hydrogen-bond acceptors (Lipinski definition) is 5. The molecule has 1 aromatic heterocycles. The molecule has 0 aliphatic heterocycles. The Bertz CT molecular complexity index is 995. The second kappa shape index (κ2) is 8.58. The third-order valence-electron chi connectivity index (χ3n) is 3.94. The van der Waals surface area contributed by atoms with Gasteiger partial charge in [-0.2, -0.15) is 0 Å². The first-order valence-electron chi connectivity index (χ1n) is 8.53. The van der Waals surface area contributed by atoms with Gasteiger partial charge in [0.1, 0.15) is 9.84 Å². The molecule has 6 nitrogen and oxygen atoms in total. The van der Waals surface area contributed by atoms with E-state index in [4.69, 9.17) is 0 Å². The number of thioether (sulfide) groups is 1. The number of rotatable bonds is 8. The number of amides is 1. The fraction of sp³-hybridized carbons (Fsp3) is 0.263. The molecule has 0 bridgehead atoms. The number of aromatic nitrogens is 2. The lowest BCUT2D eigenvalue weighted by atomic mass is 10.1. The number of para-hydroxylation sites is 2. The standard InChI is InChI=1S/C19H21N3O3S2/c1-27(24,25)12-4-11-20-18(23)15-9-7-14(8-10-15)13-26-19-21-16-5-2-3-6-17(16)22-19/h2-3,5-10H,4,11-13H2,1H3,(H,20,23)(H,21,22). The van der Waals surface area contributed by atoms with Gasteiger partial charge in [-0.3, -0.25) is 4.79 Å². The number of nitrogens with zero attached hydrogens (tertiary/aromatic N) is 1. The lowest BCUT2D eigenvalue weighted by molar-refractivity contribution is 0.0953. The average Bonchev–Trinajstić information content (AvgIpc) is 3.06. The molecule has 0 aliphatic rings. The minimum Gasteiger partial charge on any atom is -0.352 e. The molecule has 3 aromatic rings. The Hall–Kier alpha value is -2.32. The number of carbonyl (C=O) groups excluding carboxylic acids is 1. The molecule has 1 heterocycles. The molecule has 3 rings (SSSR count). The lowest BCUT2D eigenvalue weighted by Crippen LogP contribution is -2.25. The summed E-state index contributed by atoms with van der Waals surface area (Å²) in [6.07, 6.45) is 1.60. The highest BCUT2D eigenvalue weighted by atomic mass is 32.2. The number of hydrogen-bond donors (Lipinski definition) is 2. The lowest BCUT2D eigenvalue weighted by Gasteiger charge is -2.06. The van der Waals surface area contributed by atoms with Crippen molar-refractivity contribution in [3.63, 3.8) is 0 Å². The predicted octanol–water partition coefficient (Wildman–Crippen LogP) is 3.02. The largest absolute Gasteiger partial charge is 0.352 e. The SMILES string of the molecule is CS(=O)(=O)CCCNC(=O)c1ccc(CSc2nc3ccccc3[nH]2)cc1. The average molecular weight is 404 g/mol. The summed E-state index contributed by atoms with van der Waals surface area (Å²) in [7, 11) is -2.99. The van der Waals surface area contributed by atoms with E-state index in [9.17, 15) is 13.2 Å². The Kier molecular flexibility index (Phi) is 6.18. The van der Waals surface area contributed by atoms with E-state index in [2.05, 4.69) is 15.3 Å². The number of fused-ring (bicyclic) bond motifs is 1. The zero-order valence-corrected chi connectivity index (χ0v) is 16.6. The maximum atomic E-state index is 12.1. The van der Waals surface area contributed by atoms with Crippen molar-refractivity contribution in [1.82, 2.24) is 15.3 Å². The highest BCUT2D eigenvalue weighted by Crippen LogP contribution is 2.23. The minimum atomic E-state index is -2.99. The van der Waals surface area contributed by atoms with E-state index < -0.39 is 9.84 Å². The van der Waals surface area contributed by atoms with E-state index in [1.165, 1.54) is 6.26 Å². The molecule has 0 atom stereocenters. The second-order valence-electron chi connectivity index (χ2n) is 6.28. The summed E-state index contributed by atoms with van der Waals surface area (Å²) in [6, 6.07) is 15.3. The second-order valence-corrected chi connectivity index (χ2v) is 9.51. The van der Waals surface area contributed by atoms with E-state index in [1.807, 2.05) is 36.4 Å². The van der Waals surface area contributed by atoms with Crippen LogP contribution in [0.1, 0.15) is 22.3 Å². The van der Waals surface area contributed by atoms with E-state index in [1.54, 1.807) is 23.9 Å². The van der Waals surface area contributed by atoms with Crippen LogP contribution in [0.2, 0.25) is 0 Å². The van der Waals surface area contributed by atoms with Gasteiger partial charge in [0, 0.05) is 24.1 Å². The van der Waals surface area contributed by atoms with Crippen LogP contribution >= 0.6 is 11.8 Å². The Balaban J connectivity index is 1.50. The maximum Gasteiger partial charge on any atom is 0.251 e. The summed E-state index contributed by atoms with van der Waals surface area (Å²) < 4.78 is 22.2. The number of nitrogens with one attached hydrogen (secondary N) is 2. The molecule has 0 unspecified atom stereocenters. The summed E-state index contributed by atoms with van der Waals surface area (Å²) in [5, 5.41) is 3.60. The van der Waals surface area contributed by atoms with Gasteiger partial charge in [0.2, 0.25) is 0 Å². The number of aromatic amines is 1. The molecule has 0 saturated carbocycles. The summed E-state index contributed by atoms with van der Waals surface area (Å²) in [4.78, 5) is 19.9. The molecular formula is C19H21N3O3S2. The third kappa shape index (κ3) is 5.83. The monoisotopic (exact) mass is 403 g/mol. The van der Waals surface area contributed by atoms with Gasteiger partial charge in [0.25, 0.3) is 5.91 Å². The van der Waals surface area contributed by atoms with Crippen LogP contribution in [-0.4, -0.2) is 42.8 Å². The number of sulfone groups is 1. The Labute approximate surface area is 162 Å². The van der Waals surface area contributed by atoms with Crippen LogP contribution in [-0.2, 0) is 15.6 Å². The molecule has 142 valence electrons. The van der Waals surface area contributed by atoms with E-state index in [-0.39, 0.29) is 11.7 Å². The molecule has 0 radical (unpaired) electrons. The molecule has 0 saturated heterocycles. The highest BCUT2D eigenvalue weighted by molar-refractivity contribution is 7.98. The van der Waals surface area contributed by atoms with Crippen LogP contribution in [0.3, 0.4) is 0 Å². The van der Waals surface area contributed by atoms with Gasteiger partial charge in [-0.25, -0.2) is 13.4 Å². The highest BCUT2D eigenvalue weighted by Gasteiger charge is 2.07. The van der Waals surface area contributed by atoms with E-state index >= 15 is 0 Å². The fourth-order valence-electron chi connectivity index (χ4n) is 2.54. The summed E-state index contributed by atoms with van der Waals surface area (Å²) in [6.45, 7) is 0.343. The van der Waals surface area contributed by atoms with Crippen molar-refractivity contribution < 1.29 is 13.2 Å². The Morgan fingerprint density at radius 2 is 1.89 bits per heavy atom. The Morgan fingerprint density at radius 3 is 2.59 bits per heavy atom. The zero-order chi connectivity index (χ0) is 19.3. The topological polar surface area (TPSA) is 91.9 Å². The van der Waals surface area contributed by atoms with Crippen molar-refractivity contribution in [1.29, 1.82) is 0 Å². The van der Waals surface area contributed by atoms with Crippen LogP contribution < -0.4 is 5.32 Å². The van der Waals surface area contributed by atoms with Gasteiger partial charge in [0.05, 0.1) is 16.8 Å². The van der Waals surface area contributed by atoms with Crippen LogP contribution in [0.25, 0.3) is 11.0 Å². The van der Waals surface area contributed by atoms with Crippen molar-refractivity contribution in [3.05, 3.63) is 59.7 Å².